The van der Waals surface area contributed by atoms with Gasteiger partial charge in [0.25, 0.3) is 11.8 Å². The minimum absolute atomic E-state index is 0.0496. The summed E-state index contributed by atoms with van der Waals surface area (Å²) in [6.07, 6.45) is 5.56. The minimum Gasteiger partial charge on any atom is -0.496 e. The topological polar surface area (TPSA) is 83.6 Å². The molecule has 2 aliphatic heterocycles. The maximum atomic E-state index is 13.0. The number of hydrogen-bond donors (Lipinski definition) is 2. The Morgan fingerprint density at radius 3 is 2.36 bits per heavy atom. The highest BCUT2D eigenvalue weighted by Gasteiger charge is 2.42. The van der Waals surface area contributed by atoms with E-state index in [1.807, 2.05) is 68.4 Å². The number of rotatable bonds is 6. The fourth-order valence-electron chi connectivity index (χ4n) is 5.59. The Labute approximate surface area is 211 Å². The van der Waals surface area contributed by atoms with Crippen LogP contribution in [0.4, 0.5) is 11.5 Å². The van der Waals surface area contributed by atoms with Crippen molar-refractivity contribution in [3.05, 3.63) is 83.0 Å². The van der Waals surface area contributed by atoms with Gasteiger partial charge in [0.15, 0.2) is 0 Å². The summed E-state index contributed by atoms with van der Waals surface area (Å²) in [5, 5.41) is 6.22. The van der Waals surface area contributed by atoms with E-state index in [2.05, 4.69) is 20.5 Å². The first-order chi connectivity index (χ1) is 17.4. The van der Waals surface area contributed by atoms with E-state index in [-0.39, 0.29) is 17.9 Å². The molecule has 3 aromatic rings. The second-order valence-corrected chi connectivity index (χ2v) is 9.74. The van der Waals surface area contributed by atoms with Gasteiger partial charge in [-0.15, -0.1) is 0 Å². The molecule has 2 bridgehead atoms. The van der Waals surface area contributed by atoms with E-state index in [0.717, 1.165) is 54.1 Å². The van der Waals surface area contributed by atoms with Crippen LogP contribution in [-0.2, 0) is 0 Å². The molecule has 0 spiro atoms. The van der Waals surface area contributed by atoms with Gasteiger partial charge in [-0.1, -0.05) is 24.3 Å². The molecular weight excluding hydrogens is 452 g/mol. The van der Waals surface area contributed by atoms with Gasteiger partial charge in [-0.2, -0.15) is 0 Å². The number of nitrogens with zero attached hydrogens (tertiary/aromatic N) is 2. The Bertz CT molecular complexity index is 1260. The predicted octanol–water partition coefficient (Wildman–Crippen LogP) is 4.89. The number of nitrogens with one attached hydrogen (secondary N) is 2. The summed E-state index contributed by atoms with van der Waals surface area (Å²) in [6, 6.07) is 17.8. The molecule has 2 fully saturated rings. The van der Waals surface area contributed by atoms with Crippen LogP contribution >= 0.6 is 0 Å². The van der Waals surface area contributed by atoms with Crippen LogP contribution in [0, 0.1) is 13.8 Å². The van der Waals surface area contributed by atoms with E-state index in [1.165, 1.54) is 0 Å². The maximum Gasteiger partial charge on any atom is 0.257 e. The normalized spacial score (nSPS) is 20.6. The van der Waals surface area contributed by atoms with Crippen LogP contribution in [0.1, 0.15) is 57.5 Å². The number of pyridine rings is 1. The fourth-order valence-corrected chi connectivity index (χ4v) is 5.59. The van der Waals surface area contributed by atoms with Crippen LogP contribution in [0.2, 0.25) is 0 Å². The lowest BCUT2D eigenvalue weighted by atomic mass is 9.96. The molecule has 0 aliphatic carbocycles. The van der Waals surface area contributed by atoms with Crippen LogP contribution in [0.3, 0.4) is 0 Å². The number of benzene rings is 2. The number of methoxy groups -OCH3 is 1. The van der Waals surface area contributed by atoms with Gasteiger partial charge >= 0.3 is 0 Å². The standard InChI is InChI=1S/C29H32N4O3/c1-18-7-4-5-9-25(18)32-28(34)20-11-14-27(30-17-20)33-22-12-13-23(33)16-21(15-22)31-29(35)24-8-6-10-26(36-3)19(24)2/h4-11,14,17,21-23H,12-13,15-16H2,1-3H3,(H,31,35)(H,32,34)/t21-,22+,23-. The molecule has 7 heteroatoms. The first-order valence-electron chi connectivity index (χ1n) is 12.5. The average molecular weight is 485 g/mol. The Balaban J connectivity index is 1.23. The summed E-state index contributed by atoms with van der Waals surface area (Å²) in [7, 11) is 1.62. The van der Waals surface area contributed by atoms with Crippen LogP contribution in [0.15, 0.2) is 60.8 Å². The minimum atomic E-state index is -0.166. The van der Waals surface area contributed by atoms with Gasteiger partial charge in [-0.3, -0.25) is 9.59 Å². The number of aromatic nitrogens is 1. The number of amides is 2. The first kappa shape index (κ1) is 23.9. The SMILES string of the molecule is COc1cccc(C(=O)N[C@H]2C[C@H]3CC[C@@H](C2)N3c2ccc(C(=O)Nc3ccccc3C)cn2)c1C. The summed E-state index contributed by atoms with van der Waals surface area (Å²) in [4.78, 5) is 32.8. The number of anilines is 2. The second-order valence-electron chi connectivity index (χ2n) is 9.74. The molecule has 3 heterocycles. The molecule has 0 radical (unpaired) electrons. The van der Waals surface area contributed by atoms with Crippen molar-refractivity contribution in [3.8, 4) is 5.75 Å². The Morgan fingerprint density at radius 2 is 1.69 bits per heavy atom. The van der Waals surface area contributed by atoms with Crippen LogP contribution < -0.4 is 20.3 Å². The predicted molar refractivity (Wildman–Crippen MR) is 141 cm³/mol. The van der Waals surface area contributed by atoms with Crippen LogP contribution in [0.25, 0.3) is 0 Å². The second kappa shape index (κ2) is 10.0. The summed E-state index contributed by atoms with van der Waals surface area (Å²) >= 11 is 0. The van der Waals surface area contributed by atoms with E-state index in [0.29, 0.717) is 23.2 Å². The van der Waals surface area contributed by atoms with E-state index < -0.39 is 0 Å². The lowest BCUT2D eigenvalue weighted by Crippen LogP contribution is -2.50. The molecule has 3 atom stereocenters. The highest BCUT2D eigenvalue weighted by molar-refractivity contribution is 6.04. The number of carbonyl (C=O) groups excluding carboxylic acids is 2. The summed E-state index contributed by atoms with van der Waals surface area (Å²) in [5.41, 5.74) is 3.87. The Kier molecular flexibility index (Phi) is 6.63. The van der Waals surface area contributed by atoms with Gasteiger partial charge < -0.3 is 20.3 Å². The largest absolute Gasteiger partial charge is 0.496 e. The van der Waals surface area contributed by atoms with E-state index >= 15 is 0 Å². The first-order valence-corrected chi connectivity index (χ1v) is 12.5. The van der Waals surface area contributed by atoms with Crippen LogP contribution in [-0.4, -0.2) is 42.0 Å². The summed E-state index contributed by atoms with van der Waals surface area (Å²) in [6.45, 7) is 3.88. The van der Waals surface area contributed by atoms with Gasteiger partial charge in [-0.25, -0.2) is 4.98 Å². The van der Waals surface area contributed by atoms with Crippen molar-refractivity contribution >= 4 is 23.3 Å². The molecule has 1 aromatic heterocycles. The molecule has 2 saturated heterocycles. The van der Waals surface area contributed by atoms with Gasteiger partial charge in [0.05, 0.1) is 12.7 Å². The third-order valence-corrected chi connectivity index (χ3v) is 7.48. The third-order valence-electron chi connectivity index (χ3n) is 7.48. The highest BCUT2D eigenvalue weighted by Crippen LogP contribution is 2.38. The number of carbonyl (C=O) groups is 2. The zero-order valence-electron chi connectivity index (χ0n) is 21.0. The average Bonchev–Trinajstić information content (AvgIpc) is 3.15. The quantitative estimate of drug-likeness (QED) is 0.521. The number of hydrogen-bond acceptors (Lipinski definition) is 5. The number of aryl methyl sites for hydroxylation is 1. The third kappa shape index (κ3) is 4.65. The molecule has 7 nitrogen and oxygen atoms in total. The van der Waals surface area contributed by atoms with Crippen molar-refractivity contribution < 1.29 is 14.3 Å². The number of para-hydroxylation sites is 1. The van der Waals surface area contributed by atoms with Gasteiger partial charge in [0, 0.05) is 41.1 Å². The van der Waals surface area contributed by atoms with Crippen molar-refractivity contribution in [1.82, 2.24) is 10.3 Å². The number of piperidine rings is 1. The smallest absolute Gasteiger partial charge is 0.257 e. The van der Waals surface area contributed by atoms with Crippen molar-refractivity contribution in [1.29, 1.82) is 0 Å². The Hall–Kier alpha value is -3.87. The van der Waals surface area contributed by atoms with Gasteiger partial charge in [0.1, 0.15) is 11.6 Å². The van der Waals surface area contributed by atoms with Crippen molar-refractivity contribution in [2.75, 3.05) is 17.3 Å². The molecule has 186 valence electrons. The monoisotopic (exact) mass is 484 g/mol. The van der Waals surface area contributed by atoms with E-state index in [4.69, 9.17) is 4.74 Å². The lowest BCUT2D eigenvalue weighted by molar-refractivity contribution is 0.0925. The zero-order valence-corrected chi connectivity index (χ0v) is 21.0. The highest BCUT2D eigenvalue weighted by atomic mass is 16.5. The van der Waals surface area contributed by atoms with Crippen LogP contribution in [0.5, 0.6) is 5.75 Å². The molecular formula is C29H32N4O3. The zero-order chi connectivity index (χ0) is 25.2. The molecule has 0 unspecified atom stereocenters. The molecule has 5 rings (SSSR count). The van der Waals surface area contributed by atoms with Gasteiger partial charge in [-0.05, 0) is 75.4 Å². The lowest BCUT2D eigenvalue weighted by Gasteiger charge is -2.40. The summed E-state index contributed by atoms with van der Waals surface area (Å²) in [5.74, 6) is 1.40. The van der Waals surface area contributed by atoms with Crippen molar-refractivity contribution in [2.24, 2.45) is 0 Å². The van der Waals surface area contributed by atoms with E-state index in [1.54, 1.807) is 13.3 Å². The van der Waals surface area contributed by atoms with Crippen molar-refractivity contribution in [2.45, 2.75) is 57.7 Å². The summed E-state index contributed by atoms with van der Waals surface area (Å²) < 4.78 is 5.37. The van der Waals surface area contributed by atoms with E-state index in [9.17, 15) is 9.59 Å². The fraction of sp³-hybridized carbons (Fsp3) is 0.345. The van der Waals surface area contributed by atoms with Crippen molar-refractivity contribution in [3.63, 3.8) is 0 Å². The Morgan fingerprint density at radius 1 is 0.944 bits per heavy atom. The molecule has 2 aliphatic rings. The number of fused-ring (bicyclic) bond motifs is 2. The molecule has 2 N–H and O–H groups in total. The number of ether oxygens (including phenoxy) is 1. The molecule has 0 saturated carbocycles. The van der Waals surface area contributed by atoms with Gasteiger partial charge in [0.2, 0.25) is 0 Å². The maximum absolute atomic E-state index is 13.0. The molecule has 36 heavy (non-hydrogen) atoms. The molecule has 2 amide bonds. The molecule has 2 aromatic carbocycles.